The van der Waals surface area contributed by atoms with Crippen molar-refractivity contribution in [1.29, 1.82) is 0 Å². The molecule has 0 atom stereocenters. The van der Waals surface area contributed by atoms with E-state index in [2.05, 4.69) is 26.2 Å². The fourth-order valence-electron chi connectivity index (χ4n) is 3.75. The van der Waals surface area contributed by atoms with Crippen molar-refractivity contribution < 1.29 is 9.53 Å². The minimum absolute atomic E-state index is 0.211. The molecule has 1 amide bonds. The Morgan fingerprint density at radius 1 is 0.917 bits per heavy atom. The number of amides is 1. The summed E-state index contributed by atoms with van der Waals surface area (Å²) in [7, 11) is 0. The van der Waals surface area contributed by atoms with Crippen molar-refractivity contribution in [2.24, 2.45) is 0 Å². The number of fused-ring (bicyclic) bond motifs is 1. The Morgan fingerprint density at radius 3 is 2.33 bits per heavy atom. The van der Waals surface area contributed by atoms with Crippen LogP contribution in [0.1, 0.15) is 15.9 Å². The molecule has 5 aromatic rings. The van der Waals surface area contributed by atoms with Crippen LogP contribution in [-0.4, -0.2) is 15.5 Å². The fourth-order valence-corrected chi connectivity index (χ4v) is 4.27. The highest BCUT2D eigenvalue weighted by molar-refractivity contribution is 9.10. The zero-order chi connectivity index (χ0) is 25.1. The predicted molar refractivity (Wildman–Crippen MR) is 148 cm³/mol. The molecule has 5 rings (SSSR count). The number of aromatic amines is 1. The Hall–Kier alpha value is -4.01. The first-order chi connectivity index (χ1) is 17.5. The number of H-pyrrole nitrogens is 1. The molecule has 4 aromatic carbocycles. The fraction of sp³-hybridized carbons (Fsp3) is 0.0357. The lowest BCUT2D eigenvalue weighted by molar-refractivity contribution is 0.102. The maximum atomic E-state index is 13.1. The number of ether oxygens (including phenoxy) is 1. The van der Waals surface area contributed by atoms with Crippen LogP contribution in [0, 0.1) is 4.77 Å². The van der Waals surface area contributed by atoms with E-state index >= 15 is 0 Å². The van der Waals surface area contributed by atoms with Crippen molar-refractivity contribution in [3.8, 4) is 11.5 Å². The quantitative estimate of drug-likeness (QED) is 0.222. The molecule has 0 saturated heterocycles. The number of hydrogen-bond acceptors (Lipinski definition) is 4. The van der Waals surface area contributed by atoms with Crippen LogP contribution in [0.4, 0.5) is 5.69 Å². The van der Waals surface area contributed by atoms with Crippen LogP contribution in [0.25, 0.3) is 10.9 Å². The Labute approximate surface area is 220 Å². The van der Waals surface area contributed by atoms with Crippen LogP contribution >= 0.6 is 28.1 Å². The van der Waals surface area contributed by atoms with E-state index in [0.29, 0.717) is 39.2 Å². The lowest BCUT2D eigenvalue weighted by atomic mass is 10.1. The minimum Gasteiger partial charge on any atom is -0.457 e. The number of nitrogens with one attached hydrogen (secondary N) is 2. The number of anilines is 1. The van der Waals surface area contributed by atoms with Gasteiger partial charge in [-0.1, -0.05) is 46.3 Å². The summed E-state index contributed by atoms with van der Waals surface area (Å²) >= 11 is 8.86. The number of para-hydroxylation sites is 1. The molecule has 0 aliphatic heterocycles. The van der Waals surface area contributed by atoms with E-state index in [1.165, 1.54) is 4.57 Å². The smallest absolute Gasteiger partial charge is 0.262 e. The molecule has 0 spiro atoms. The largest absolute Gasteiger partial charge is 0.457 e. The summed E-state index contributed by atoms with van der Waals surface area (Å²) in [6.45, 7) is 0.351. The number of rotatable bonds is 6. The Balaban J connectivity index is 1.34. The van der Waals surface area contributed by atoms with Gasteiger partial charge in [0, 0.05) is 15.7 Å². The van der Waals surface area contributed by atoms with Gasteiger partial charge in [0.15, 0.2) is 4.77 Å². The molecule has 6 nitrogen and oxygen atoms in total. The van der Waals surface area contributed by atoms with Crippen molar-refractivity contribution in [1.82, 2.24) is 9.55 Å². The van der Waals surface area contributed by atoms with Crippen LogP contribution in [-0.2, 0) is 6.54 Å². The molecule has 0 aliphatic rings. The molecule has 178 valence electrons. The van der Waals surface area contributed by atoms with Crippen LogP contribution < -0.4 is 15.6 Å². The number of benzene rings is 4. The number of nitrogens with zero attached hydrogens (tertiary/aromatic N) is 1. The van der Waals surface area contributed by atoms with E-state index in [9.17, 15) is 9.59 Å². The van der Waals surface area contributed by atoms with E-state index in [4.69, 9.17) is 17.0 Å². The van der Waals surface area contributed by atoms with E-state index in [1.54, 1.807) is 42.5 Å². The molecule has 2 N–H and O–H groups in total. The first-order valence-corrected chi connectivity index (χ1v) is 12.3. The molecule has 0 fully saturated rings. The van der Waals surface area contributed by atoms with Crippen LogP contribution in [0.2, 0.25) is 0 Å². The van der Waals surface area contributed by atoms with E-state index in [1.807, 2.05) is 54.6 Å². The molecule has 0 radical (unpaired) electrons. The number of halogens is 1. The highest BCUT2D eigenvalue weighted by Gasteiger charge is 2.11. The Morgan fingerprint density at radius 2 is 1.61 bits per heavy atom. The normalized spacial score (nSPS) is 10.8. The first kappa shape index (κ1) is 23.7. The number of carbonyl (C=O) groups excluding carboxylic acids is 1. The monoisotopic (exact) mass is 557 g/mol. The molecule has 0 saturated carbocycles. The van der Waals surface area contributed by atoms with Crippen LogP contribution in [0.5, 0.6) is 11.5 Å². The lowest BCUT2D eigenvalue weighted by Crippen LogP contribution is -2.23. The highest BCUT2D eigenvalue weighted by atomic mass is 79.9. The Kier molecular flexibility index (Phi) is 6.79. The lowest BCUT2D eigenvalue weighted by Gasteiger charge is -2.10. The van der Waals surface area contributed by atoms with Crippen molar-refractivity contribution in [2.75, 3.05) is 5.32 Å². The summed E-state index contributed by atoms with van der Waals surface area (Å²) in [5.41, 5.74) is 2.28. The van der Waals surface area contributed by atoms with Gasteiger partial charge in [-0.05, 0) is 84.5 Å². The van der Waals surface area contributed by atoms with Crippen molar-refractivity contribution >= 4 is 50.6 Å². The van der Waals surface area contributed by atoms with Gasteiger partial charge in [-0.2, -0.15) is 0 Å². The van der Waals surface area contributed by atoms with E-state index in [-0.39, 0.29) is 11.5 Å². The standard InChI is InChI=1S/C28H20BrN3O3S/c29-20-9-6-18(7-10-20)17-32-27(34)24-15-8-19(16-25(24)31-28(32)36)26(33)30-21-11-13-23(14-12-21)35-22-4-2-1-3-5-22/h1-16H,17H2,(H,30,33)(H,31,36). The molecule has 0 aliphatic carbocycles. The summed E-state index contributed by atoms with van der Waals surface area (Å²) in [4.78, 5) is 29.1. The summed E-state index contributed by atoms with van der Waals surface area (Å²) in [6, 6.07) is 29.2. The van der Waals surface area contributed by atoms with Crippen molar-refractivity contribution in [3.63, 3.8) is 0 Å². The third kappa shape index (κ3) is 5.30. The SMILES string of the molecule is O=C(Nc1ccc(Oc2ccccc2)cc1)c1ccc2c(=O)n(Cc3ccc(Br)cc3)c(=S)[nH]c2c1. The summed E-state index contributed by atoms with van der Waals surface area (Å²) in [5, 5.41) is 3.33. The molecular formula is C28H20BrN3O3S. The maximum Gasteiger partial charge on any atom is 0.262 e. The first-order valence-electron chi connectivity index (χ1n) is 11.1. The Bertz CT molecular complexity index is 1660. The molecule has 1 heterocycles. The molecular weight excluding hydrogens is 538 g/mol. The van der Waals surface area contributed by atoms with Gasteiger partial charge >= 0.3 is 0 Å². The van der Waals surface area contributed by atoms with E-state index < -0.39 is 0 Å². The van der Waals surface area contributed by atoms with Gasteiger partial charge in [-0.25, -0.2) is 0 Å². The minimum atomic E-state index is -0.299. The van der Waals surface area contributed by atoms with Gasteiger partial charge in [0.25, 0.3) is 11.5 Å². The zero-order valence-electron chi connectivity index (χ0n) is 18.9. The van der Waals surface area contributed by atoms with Crippen LogP contribution in [0.3, 0.4) is 0 Å². The van der Waals surface area contributed by atoms with Gasteiger partial charge in [-0.15, -0.1) is 0 Å². The van der Waals surface area contributed by atoms with Crippen molar-refractivity contribution in [3.05, 3.63) is 128 Å². The van der Waals surface area contributed by atoms with Crippen molar-refractivity contribution in [2.45, 2.75) is 6.54 Å². The van der Waals surface area contributed by atoms with E-state index in [0.717, 1.165) is 15.8 Å². The third-order valence-corrected chi connectivity index (χ3v) is 6.44. The summed E-state index contributed by atoms with van der Waals surface area (Å²) < 4.78 is 8.56. The highest BCUT2D eigenvalue weighted by Crippen LogP contribution is 2.23. The molecule has 0 bridgehead atoms. The van der Waals surface area contributed by atoms with Gasteiger partial charge in [-0.3, -0.25) is 14.2 Å². The topological polar surface area (TPSA) is 76.1 Å². The second kappa shape index (κ2) is 10.3. The molecule has 1 aromatic heterocycles. The van der Waals surface area contributed by atoms with Gasteiger partial charge in [0.1, 0.15) is 11.5 Å². The van der Waals surface area contributed by atoms with Gasteiger partial charge in [0.05, 0.1) is 17.4 Å². The summed E-state index contributed by atoms with van der Waals surface area (Å²) in [6.07, 6.45) is 0. The maximum absolute atomic E-state index is 13.1. The number of aromatic nitrogens is 2. The van der Waals surface area contributed by atoms with Gasteiger partial charge < -0.3 is 15.0 Å². The predicted octanol–water partition coefficient (Wildman–Crippen LogP) is 6.91. The second-order valence-corrected chi connectivity index (χ2v) is 9.40. The van der Waals surface area contributed by atoms with Gasteiger partial charge in [0.2, 0.25) is 0 Å². The summed E-state index contributed by atoms with van der Waals surface area (Å²) in [5.74, 6) is 1.10. The average Bonchev–Trinajstić information content (AvgIpc) is 2.89. The second-order valence-electron chi connectivity index (χ2n) is 8.10. The third-order valence-electron chi connectivity index (χ3n) is 5.59. The number of carbonyl (C=O) groups is 1. The number of hydrogen-bond donors (Lipinski definition) is 2. The molecule has 8 heteroatoms. The molecule has 36 heavy (non-hydrogen) atoms. The average molecular weight is 558 g/mol. The van der Waals surface area contributed by atoms with Crippen LogP contribution in [0.15, 0.2) is 106 Å². The zero-order valence-corrected chi connectivity index (χ0v) is 21.3. The molecule has 0 unspecified atom stereocenters.